The summed E-state index contributed by atoms with van der Waals surface area (Å²) in [7, 11) is 0. The Hall–Kier alpha value is -2.76. The predicted molar refractivity (Wildman–Crippen MR) is 118 cm³/mol. The Balaban J connectivity index is 2.20. The quantitative estimate of drug-likeness (QED) is 0.471. The van der Waals surface area contributed by atoms with Crippen molar-refractivity contribution in [3.05, 3.63) is 74.8 Å². The van der Waals surface area contributed by atoms with Crippen molar-refractivity contribution < 1.29 is 17.9 Å². The van der Waals surface area contributed by atoms with E-state index in [9.17, 15) is 4.79 Å². The summed E-state index contributed by atoms with van der Waals surface area (Å²) in [6, 6.07) is 7.23. The van der Waals surface area contributed by atoms with Crippen molar-refractivity contribution >= 4 is 24.5 Å². The molecule has 3 nitrogen and oxygen atoms in total. The van der Waals surface area contributed by atoms with Crippen LogP contribution in [0.2, 0.25) is 0 Å². The van der Waals surface area contributed by atoms with E-state index < -0.39 is 6.97 Å². The van der Waals surface area contributed by atoms with Crippen LogP contribution >= 0.6 is 0 Å². The first-order valence-corrected chi connectivity index (χ1v) is 10.6. The summed E-state index contributed by atoms with van der Waals surface area (Å²) in [6.45, 7) is 7.51. The molecule has 0 fully saturated rings. The monoisotopic (exact) mass is 408 g/mol. The molecule has 1 aromatic heterocycles. The Morgan fingerprint density at radius 3 is 2.20 bits per heavy atom. The molecule has 0 spiro atoms. The molecule has 0 atom stereocenters. The van der Waals surface area contributed by atoms with E-state index >= 15 is 8.63 Å². The van der Waals surface area contributed by atoms with Gasteiger partial charge in [-0.1, -0.05) is 38.1 Å². The number of fused-ring (bicyclic) bond motifs is 2. The third-order valence-electron chi connectivity index (χ3n) is 6.83. The summed E-state index contributed by atoms with van der Waals surface area (Å²) >= 11 is 0. The van der Waals surface area contributed by atoms with Gasteiger partial charge in [-0.3, -0.25) is 4.79 Å². The summed E-state index contributed by atoms with van der Waals surface area (Å²) in [5.74, 6) is 0. The van der Waals surface area contributed by atoms with E-state index in [4.69, 9.17) is 0 Å². The SMILES string of the molecule is CCC1=C(C)C2=C(c3ccc(C=O)cc3)c3c(C)c(CC)c(C)n3[B-](F)(F)[N+]2=C1C. The van der Waals surface area contributed by atoms with E-state index in [0.29, 0.717) is 41.2 Å². The van der Waals surface area contributed by atoms with Crippen LogP contribution in [-0.2, 0) is 6.42 Å². The predicted octanol–water partition coefficient (Wildman–Crippen LogP) is 5.69. The van der Waals surface area contributed by atoms with Crippen LogP contribution in [0.1, 0.15) is 72.6 Å². The van der Waals surface area contributed by atoms with Crippen LogP contribution in [0.5, 0.6) is 0 Å². The highest BCUT2D eigenvalue weighted by Crippen LogP contribution is 2.47. The molecule has 0 saturated heterocycles. The fourth-order valence-corrected chi connectivity index (χ4v) is 5.48. The fourth-order valence-electron chi connectivity index (χ4n) is 5.48. The second kappa shape index (κ2) is 6.90. The minimum atomic E-state index is -4.01. The molecule has 156 valence electrons. The van der Waals surface area contributed by atoms with E-state index in [-0.39, 0.29) is 0 Å². The van der Waals surface area contributed by atoms with Crippen molar-refractivity contribution in [2.75, 3.05) is 0 Å². The zero-order valence-electron chi connectivity index (χ0n) is 18.4. The average molecular weight is 408 g/mol. The maximum Gasteiger partial charge on any atom is 0.737 e. The summed E-state index contributed by atoms with van der Waals surface area (Å²) < 4.78 is 34.8. The Morgan fingerprint density at radius 2 is 1.67 bits per heavy atom. The summed E-state index contributed by atoms with van der Waals surface area (Å²) in [5.41, 5.74) is 8.48. The number of carbonyl (C=O) groups excluding carboxylic acids is 1. The van der Waals surface area contributed by atoms with Crippen LogP contribution in [0, 0.1) is 13.8 Å². The second-order valence-corrected chi connectivity index (χ2v) is 8.23. The number of rotatable bonds is 4. The molecule has 0 amide bonds. The summed E-state index contributed by atoms with van der Waals surface area (Å²) in [6.07, 6.45) is 2.20. The lowest BCUT2D eigenvalue weighted by Gasteiger charge is -2.34. The molecule has 0 saturated carbocycles. The highest BCUT2D eigenvalue weighted by molar-refractivity contribution is 6.58. The number of hydrogen-bond acceptors (Lipinski definition) is 1. The Bertz CT molecular complexity index is 1180. The maximum atomic E-state index is 16.1. The lowest BCUT2D eigenvalue weighted by molar-refractivity contribution is -0.363. The van der Waals surface area contributed by atoms with E-state index in [2.05, 4.69) is 0 Å². The molecule has 2 aliphatic rings. The van der Waals surface area contributed by atoms with Crippen LogP contribution in [-0.4, -0.2) is 27.9 Å². The second-order valence-electron chi connectivity index (χ2n) is 8.23. The van der Waals surface area contributed by atoms with Crippen molar-refractivity contribution in [3.8, 4) is 0 Å². The molecule has 2 aromatic rings. The molecule has 0 N–H and O–H groups in total. The Labute approximate surface area is 176 Å². The standard InChI is InChI=1S/C24H27BF2N2O/c1-7-20-14(3)23-22(19-11-9-18(13-30)10-12-19)24-15(4)21(8-2)17(6)29(24)25(26,27)28(23)16(20)5/h9-13H,7-8H2,1-6H3. The highest BCUT2D eigenvalue weighted by atomic mass is 19.2. The van der Waals surface area contributed by atoms with Gasteiger partial charge in [0.25, 0.3) is 0 Å². The lowest BCUT2D eigenvalue weighted by atomic mass is 9.83. The molecular formula is C24H27BF2N2O. The van der Waals surface area contributed by atoms with Gasteiger partial charge in [-0.05, 0) is 56.0 Å². The van der Waals surface area contributed by atoms with Crippen LogP contribution in [0.15, 0.2) is 41.1 Å². The summed E-state index contributed by atoms with van der Waals surface area (Å²) in [5, 5.41) is 0. The molecule has 0 unspecified atom stereocenters. The minimum Gasteiger partial charge on any atom is -0.393 e. The smallest absolute Gasteiger partial charge is 0.393 e. The van der Waals surface area contributed by atoms with E-state index in [1.807, 2.05) is 39.8 Å². The molecule has 0 radical (unpaired) electrons. The molecule has 0 aliphatic carbocycles. The number of carbonyl (C=O) groups is 1. The first-order chi connectivity index (χ1) is 14.2. The Kier molecular flexibility index (Phi) is 4.72. The molecule has 2 aliphatic heterocycles. The van der Waals surface area contributed by atoms with Crippen LogP contribution in [0.4, 0.5) is 8.63 Å². The molecule has 6 heteroatoms. The third kappa shape index (κ3) is 2.49. The van der Waals surface area contributed by atoms with Crippen molar-refractivity contribution in [1.29, 1.82) is 0 Å². The van der Waals surface area contributed by atoms with Crippen molar-refractivity contribution in [3.63, 3.8) is 0 Å². The van der Waals surface area contributed by atoms with Crippen LogP contribution in [0.25, 0.3) is 5.57 Å². The Morgan fingerprint density at radius 1 is 1.03 bits per heavy atom. The van der Waals surface area contributed by atoms with Gasteiger partial charge in [-0.15, -0.1) is 0 Å². The average Bonchev–Trinajstić information content (AvgIpc) is 3.13. The first-order valence-electron chi connectivity index (χ1n) is 10.6. The number of aromatic nitrogens is 1. The highest BCUT2D eigenvalue weighted by Gasteiger charge is 2.56. The van der Waals surface area contributed by atoms with Crippen molar-refractivity contribution in [2.45, 2.75) is 54.4 Å². The molecule has 0 bridgehead atoms. The maximum absolute atomic E-state index is 16.1. The van der Waals surface area contributed by atoms with Crippen LogP contribution in [0.3, 0.4) is 0 Å². The van der Waals surface area contributed by atoms with Gasteiger partial charge in [0.05, 0.1) is 5.57 Å². The van der Waals surface area contributed by atoms with Gasteiger partial charge in [0.2, 0.25) is 0 Å². The number of benzene rings is 1. The molecule has 1 aromatic carbocycles. The fraction of sp³-hybridized carbons (Fsp3) is 0.333. The molecule has 3 heterocycles. The zero-order chi connectivity index (χ0) is 22.0. The van der Waals surface area contributed by atoms with Gasteiger partial charge < -0.3 is 17.6 Å². The number of halogens is 2. The molecule has 4 rings (SSSR count). The van der Waals surface area contributed by atoms with Gasteiger partial charge in [0, 0.05) is 29.3 Å². The van der Waals surface area contributed by atoms with Crippen LogP contribution < -0.4 is 0 Å². The first kappa shape index (κ1) is 20.5. The van der Waals surface area contributed by atoms with E-state index in [1.165, 1.54) is 8.96 Å². The molecular weight excluding hydrogens is 381 g/mol. The zero-order valence-corrected chi connectivity index (χ0v) is 18.4. The van der Waals surface area contributed by atoms with Crippen molar-refractivity contribution in [1.82, 2.24) is 4.48 Å². The van der Waals surface area contributed by atoms with Gasteiger partial charge in [-0.2, -0.15) is 0 Å². The van der Waals surface area contributed by atoms with E-state index in [1.54, 1.807) is 26.0 Å². The van der Waals surface area contributed by atoms with Gasteiger partial charge in [0.15, 0.2) is 5.70 Å². The van der Waals surface area contributed by atoms with Gasteiger partial charge in [-0.25, -0.2) is 0 Å². The number of aldehydes is 1. The minimum absolute atomic E-state index is 0.569. The van der Waals surface area contributed by atoms with Gasteiger partial charge in [0.1, 0.15) is 12.0 Å². The summed E-state index contributed by atoms with van der Waals surface area (Å²) in [4.78, 5) is 11.1. The third-order valence-corrected chi connectivity index (χ3v) is 6.83. The van der Waals surface area contributed by atoms with Gasteiger partial charge >= 0.3 is 6.97 Å². The lowest BCUT2D eigenvalue weighted by Crippen LogP contribution is -2.51. The number of nitrogens with zero attached hydrogens (tertiary/aromatic N) is 2. The topological polar surface area (TPSA) is 25.0 Å². The largest absolute Gasteiger partial charge is 0.737 e. The van der Waals surface area contributed by atoms with Crippen molar-refractivity contribution in [2.24, 2.45) is 0 Å². The number of allylic oxidation sites excluding steroid dienone is 2. The number of hydrogen-bond donors (Lipinski definition) is 0. The molecule has 30 heavy (non-hydrogen) atoms. The van der Waals surface area contributed by atoms with E-state index in [0.717, 1.165) is 39.7 Å². The normalized spacial score (nSPS) is 17.6.